The monoisotopic (exact) mass is 344 g/mol. The molecule has 0 atom stereocenters. The van der Waals surface area contributed by atoms with Crippen LogP contribution in [0, 0.1) is 0 Å². The van der Waals surface area contributed by atoms with Crippen molar-refractivity contribution in [2.75, 3.05) is 27.2 Å². The van der Waals surface area contributed by atoms with Crippen molar-refractivity contribution in [2.24, 2.45) is 0 Å². The van der Waals surface area contributed by atoms with Gasteiger partial charge in [0.2, 0.25) is 0 Å². The quantitative estimate of drug-likeness (QED) is 0.203. The van der Waals surface area contributed by atoms with Crippen LogP contribution in [0.25, 0.3) is 0 Å². The summed E-state index contributed by atoms with van der Waals surface area (Å²) in [6.07, 6.45) is 18.5. The van der Waals surface area contributed by atoms with Crippen molar-refractivity contribution in [2.45, 2.75) is 110 Å². The van der Waals surface area contributed by atoms with Gasteiger partial charge in [0.1, 0.15) is 0 Å². The Hall–Kier alpha value is -0.120. The predicted molar refractivity (Wildman–Crippen MR) is 105 cm³/mol. The maximum absolute atomic E-state index is 8.90. The van der Waals surface area contributed by atoms with Crippen LogP contribution in [-0.4, -0.2) is 48.2 Å². The van der Waals surface area contributed by atoms with Crippen LogP contribution in [0.1, 0.15) is 103 Å². The van der Waals surface area contributed by atoms with Crippen LogP contribution in [-0.2, 0) is 0 Å². The Bertz CT molecular complexity index is 254. The fourth-order valence-electron chi connectivity index (χ4n) is 3.37. The Morgan fingerprint density at radius 3 is 1.38 bits per heavy atom. The first-order valence-electron chi connectivity index (χ1n) is 10.7. The Balaban J connectivity index is 3.26. The number of rotatable bonds is 18. The normalized spacial score (nSPS) is 12.2. The number of nitrogens with zero attached hydrogens (tertiary/aromatic N) is 1. The molecule has 0 amide bonds. The topological polar surface area (TPSA) is 40.5 Å². The van der Waals surface area contributed by atoms with Crippen LogP contribution in [0.2, 0.25) is 0 Å². The molecule has 0 spiro atoms. The van der Waals surface area contributed by atoms with E-state index < -0.39 is 6.29 Å². The van der Waals surface area contributed by atoms with Crippen LogP contribution in [0.4, 0.5) is 0 Å². The van der Waals surface area contributed by atoms with Crippen LogP contribution in [0.15, 0.2) is 0 Å². The Morgan fingerprint density at radius 2 is 0.958 bits per heavy atom. The number of quaternary nitrogens is 1. The minimum atomic E-state index is -1.14. The number of aliphatic hydroxyl groups is 2. The summed E-state index contributed by atoms with van der Waals surface area (Å²) in [5.74, 6) is 0. The van der Waals surface area contributed by atoms with E-state index in [1.807, 2.05) is 0 Å². The standard InChI is InChI=1S/C21H46NO2/c1-4-5-6-7-8-9-10-11-12-13-14-15-16-19-22(2,3)20-17-18-21(23)24/h21,23-24H,4-20H2,1-3H3/q+1. The maximum Gasteiger partial charge on any atom is 0.151 e. The van der Waals surface area contributed by atoms with Gasteiger partial charge in [-0.25, -0.2) is 0 Å². The molecule has 0 radical (unpaired) electrons. The zero-order chi connectivity index (χ0) is 18.1. The highest BCUT2D eigenvalue weighted by Crippen LogP contribution is 2.13. The molecule has 24 heavy (non-hydrogen) atoms. The summed E-state index contributed by atoms with van der Waals surface area (Å²) in [7, 11) is 4.51. The number of unbranched alkanes of at least 4 members (excludes halogenated alkanes) is 12. The molecular weight excluding hydrogens is 298 g/mol. The molecule has 0 bridgehead atoms. The lowest BCUT2D eigenvalue weighted by Gasteiger charge is -2.30. The summed E-state index contributed by atoms with van der Waals surface area (Å²) < 4.78 is 1.00. The van der Waals surface area contributed by atoms with E-state index in [4.69, 9.17) is 10.2 Å². The number of hydrogen-bond acceptors (Lipinski definition) is 2. The van der Waals surface area contributed by atoms with Crippen molar-refractivity contribution in [3.05, 3.63) is 0 Å². The first-order chi connectivity index (χ1) is 11.5. The van der Waals surface area contributed by atoms with E-state index in [0.29, 0.717) is 6.42 Å². The fraction of sp³-hybridized carbons (Fsp3) is 1.00. The summed E-state index contributed by atoms with van der Waals surface area (Å²) >= 11 is 0. The summed E-state index contributed by atoms with van der Waals surface area (Å²) in [6, 6.07) is 0. The molecule has 0 aromatic heterocycles. The Kier molecular flexibility index (Phi) is 16.3. The predicted octanol–water partition coefficient (Wildman–Crippen LogP) is 5.24. The highest BCUT2D eigenvalue weighted by molar-refractivity contribution is 4.49. The van der Waals surface area contributed by atoms with Crippen molar-refractivity contribution >= 4 is 0 Å². The molecule has 0 fully saturated rings. The van der Waals surface area contributed by atoms with Crippen LogP contribution >= 0.6 is 0 Å². The van der Waals surface area contributed by atoms with E-state index in [-0.39, 0.29) is 0 Å². The third-order valence-corrected chi connectivity index (χ3v) is 5.09. The highest BCUT2D eigenvalue weighted by Gasteiger charge is 2.14. The van der Waals surface area contributed by atoms with Crippen molar-refractivity contribution in [3.8, 4) is 0 Å². The van der Waals surface area contributed by atoms with Gasteiger partial charge < -0.3 is 14.7 Å². The molecule has 0 heterocycles. The molecule has 0 aliphatic rings. The van der Waals surface area contributed by atoms with Gasteiger partial charge in [0.15, 0.2) is 6.29 Å². The van der Waals surface area contributed by atoms with Crippen LogP contribution in [0.3, 0.4) is 0 Å². The van der Waals surface area contributed by atoms with Gasteiger partial charge in [-0.1, -0.05) is 77.6 Å². The van der Waals surface area contributed by atoms with E-state index in [1.165, 1.54) is 90.0 Å². The van der Waals surface area contributed by atoms with Crippen molar-refractivity contribution in [3.63, 3.8) is 0 Å². The van der Waals surface area contributed by atoms with Gasteiger partial charge in [-0.3, -0.25) is 0 Å². The van der Waals surface area contributed by atoms with E-state index in [9.17, 15) is 0 Å². The molecule has 0 saturated carbocycles. The Labute approximate surface area is 152 Å². The number of hydrogen-bond donors (Lipinski definition) is 2. The first-order valence-corrected chi connectivity index (χ1v) is 10.7. The lowest BCUT2D eigenvalue weighted by Crippen LogP contribution is -2.41. The molecule has 0 aliphatic heterocycles. The molecule has 0 rings (SSSR count). The maximum atomic E-state index is 8.90. The second-order valence-corrected chi connectivity index (χ2v) is 8.25. The van der Waals surface area contributed by atoms with Gasteiger partial charge in [0.05, 0.1) is 27.2 Å². The van der Waals surface area contributed by atoms with Crippen molar-refractivity contribution < 1.29 is 14.7 Å². The minimum absolute atomic E-state index is 0.500. The van der Waals surface area contributed by atoms with E-state index in [1.54, 1.807) is 0 Å². The lowest BCUT2D eigenvalue weighted by atomic mass is 10.0. The molecule has 0 aromatic rings. The number of aliphatic hydroxyl groups excluding tert-OH is 1. The Morgan fingerprint density at radius 1 is 0.583 bits per heavy atom. The van der Waals surface area contributed by atoms with Crippen LogP contribution < -0.4 is 0 Å². The van der Waals surface area contributed by atoms with Gasteiger partial charge in [0, 0.05) is 12.8 Å². The largest absolute Gasteiger partial charge is 0.368 e. The second-order valence-electron chi connectivity index (χ2n) is 8.25. The average molecular weight is 345 g/mol. The summed E-state index contributed by atoms with van der Waals surface area (Å²) in [4.78, 5) is 0. The summed E-state index contributed by atoms with van der Waals surface area (Å²) in [6.45, 7) is 4.53. The molecule has 3 nitrogen and oxygen atoms in total. The van der Waals surface area contributed by atoms with Crippen LogP contribution in [0.5, 0.6) is 0 Å². The SMILES string of the molecule is CCCCCCCCCCCCCCC[N+](C)(C)CCCC(O)O. The zero-order valence-electron chi connectivity index (χ0n) is 16.9. The minimum Gasteiger partial charge on any atom is -0.368 e. The molecule has 0 saturated heterocycles. The van der Waals surface area contributed by atoms with E-state index in [0.717, 1.165) is 17.4 Å². The molecule has 0 aromatic carbocycles. The smallest absolute Gasteiger partial charge is 0.151 e. The molecular formula is C21H46NO2+. The van der Waals surface area contributed by atoms with Gasteiger partial charge in [-0.15, -0.1) is 0 Å². The van der Waals surface area contributed by atoms with Gasteiger partial charge in [-0.05, 0) is 12.8 Å². The first kappa shape index (κ1) is 23.9. The molecule has 2 N–H and O–H groups in total. The van der Waals surface area contributed by atoms with E-state index in [2.05, 4.69) is 21.0 Å². The molecule has 146 valence electrons. The van der Waals surface area contributed by atoms with Crippen molar-refractivity contribution in [1.82, 2.24) is 0 Å². The third kappa shape index (κ3) is 18.2. The second kappa shape index (κ2) is 16.4. The third-order valence-electron chi connectivity index (χ3n) is 5.09. The fourth-order valence-corrected chi connectivity index (χ4v) is 3.37. The van der Waals surface area contributed by atoms with Gasteiger partial charge in [-0.2, -0.15) is 0 Å². The van der Waals surface area contributed by atoms with Gasteiger partial charge in [0.25, 0.3) is 0 Å². The summed E-state index contributed by atoms with van der Waals surface area (Å²) in [5.41, 5.74) is 0. The lowest BCUT2D eigenvalue weighted by molar-refractivity contribution is -0.890. The van der Waals surface area contributed by atoms with Crippen molar-refractivity contribution in [1.29, 1.82) is 0 Å². The molecule has 0 aliphatic carbocycles. The average Bonchev–Trinajstić information content (AvgIpc) is 2.51. The zero-order valence-corrected chi connectivity index (χ0v) is 16.9. The molecule has 3 heteroatoms. The molecule has 0 unspecified atom stereocenters. The van der Waals surface area contributed by atoms with E-state index >= 15 is 0 Å². The van der Waals surface area contributed by atoms with Gasteiger partial charge >= 0.3 is 0 Å². The highest BCUT2D eigenvalue weighted by atomic mass is 16.5. The summed E-state index contributed by atoms with van der Waals surface area (Å²) in [5, 5.41) is 17.8.